The lowest BCUT2D eigenvalue weighted by atomic mass is 9.96. The number of fused-ring (bicyclic) bond motifs is 1. The third kappa shape index (κ3) is 4.35. The smallest absolute Gasteiger partial charge is 0.368 e. The number of halogens is 5. The predicted octanol–water partition coefficient (Wildman–Crippen LogP) is 4.67. The van der Waals surface area contributed by atoms with E-state index in [1.807, 2.05) is 4.57 Å². The minimum absolute atomic E-state index is 0.125. The molecule has 1 saturated heterocycles. The number of alkyl halides is 3. The van der Waals surface area contributed by atoms with Gasteiger partial charge in [-0.3, -0.25) is 0 Å². The van der Waals surface area contributed by atoms with Gasteiger partial charge in [0.05, 0.1) is 18.0 Å². The average Bonchev–Trinajstić information content (AvgIpc) is 3.63. The molecule has 1 fully saturated rings. The zero-order valence-corrected chi connectivity index (χ0v) is 20.0. The summed E-state index contributed by atoms with van der Waals surface area (Å²) in [5.41, 5.74) is 6.93. The average molecular weight is 531 g/mol. The van der Waals surface area contributed by atoms with Crippen molar-refractivity contribution in [3.63, 3.8) is 0 Å². The van der Waals surface area contributed by atoms with Crippen molar-refractivity contribution in [3.05, 3.63) is 71.2 Å². The van der Waals surface area contributed by atoms with Gasteiger partial charge in [0.2, 0.25) is 5.95 Å². The zero-order valence-electron chi connectivity index (χ0n) is 20.0. The molecule has 6 rings (SSSR count). The van der Waals surface area contributed by atoms with E-state index < -0.39 is 23.5 Å². The molecule has 3 N–H and O–H groups in total. The molecule has 0 unspecified atom stereocenters. The summed E-state index contributed by atoms with van der Waals surface area (Å²) in [7, 11) is 0. The number of nitrogens with zero attached hydrogens (tertiary/aromatic N) is 6. The van der Waals surface area contributed by atoms with Crippen LogP contribution in [0.3, 0.4) is 0 Å². The highest BCUT2D eigenvalue weighted by atomic mass is 19.4. The molecule has 1 aliphatic carbocycles. The molecule has 1 aromatic carbocycles. The van der Waals surface area contributed by atoms with Gasteiger partial charge < -0.3 is 20.2 Å². The van der Waals surface area contributed by atoms with Gasteiger partial charge in [-0.2, -0.15) is 13.2 Å². The standard InChI is InChI=1S/C25H23F5N8/c26-18-7-14-5-17(6-15(14)8-19(18)27)38-21(12-33-23(38)16-9-34-24(31)35-10-16)37-3-1-13(2-4-37)22-32-11-20(36-22)25(28,29)30/h7-13,17H,1-6H2,(H,32,36)(H2,31,34,35). The lowest BCUT2D eigenvalue weighted by Gasteiger charge is -2.34. The number of benzene rings is 1. The quantitative estimate of drug-likeness (QED) is 0.372. The first-order valence-corrected chi connectivity index (χ1v) is 12.2. The van der Waals surface area contributed by atoms with Crippen LogP contribution in [0.5, 0.6) is 0 Å². The number of rotatable bonds is 4. The van der Waals surface area contributed by atoms with Crippen LogP contribution in [0.15, 0.2) is 36.9 Å². The van der Waals surface area contributed by atoms with Crippen LogP contribution in [0.1, 0.15) is 47.4 Å². The summed E-state index contributed by atoms with van der Waals surface area (Å²) in [5, 5.41) is 0. The van der Waals surface area contributed by atoms with Gasteiger partial charge in [0, 0.05) is 37.4 Å². The molecule has 0 radical (unpaired) electrons. The van der Waals surface area contributed by atoms with Crippen molar-refractivity contribution in [2.24, 2.45) is 0 Å². The molecule has 13 heteroatoms. The molecule has 198 valence electrons. The lowest BCUT2D eigenvalue weighted by Crippen LogP contribution is -2.35. The number of hydrogen-bond acceptors (Lipinski definition) is 6. The summed E-state index contributed by atoms with van der Waals surface area (Å²) in [6, 6.07) is 2.34. The number of H-pyrrole nitrogens is 1. The predicted molar refractivity (Wildman–Crippen MR) is 128 cm³/mol. The molecule has 3 aromatic heterocycles. The maximum Gasteiger partial charge on any atom is 0.432 e. The van der Waals surface area contributed by atoms with Crippen LogP contribution in [-0.2, 0) is 19.0 Å². The number of nitrogens with one attached hydrogen (secondary N) is 1. The zero-order chi connectivity index (χ0) is 26.6. The number of anilines is 2. The molecule has 0 amide bonds. The van der Waals surface area contributed by atoms with Crippen LogP contribution in [0.4, 0.5) is 33.7 Å². The van der Waals surface area contributed by atoms with Crippen molar-refractivity contribution >= 4 is 11.8 Å². The lowest BCUT2D eigenvalue weighted by molar-refractivity contribution is -0.141. The number of nitrogen functional groups attached to an aromatic ring is 1. The van der Waals surface area contributed by atoms with E-state index in [4.69, 9.17) is 5.73 Å². The summed E-state index contributed by atoms with van der Waals surface area (Å²) < 4.78 is 68.9. The first-order chi connectivity index (χ1) is 18.2. The van der Waals surface area contributed by atoms with Crippen LogP contribution in [-0.4, -0.2) is 42.6 Å². The largest absolute Gasteiger partial charge is 0.432 e. The normalized spacial score (nSPS) is 16.8. The van der Waals surface area contributed by atoms with Crippen molar-refractivity contribution in [2.45, 2.75) is 43.8 Å². The Hall–Kier alpha value is -4.03. The Balaban J connectivity index is 1.29. The molecule has 1 aliphatic heterocycles. The molecule has 0 bridgehead atoms. The highest BCUT2D eigenvalue weighted by Gasteiger charge is 2.35. The molecular formula is C25H23F5N8. The number of hydrogen-bond donors (Lipinski definition) is 2. The Morgan fingerprint density at radius 2 is 1.50 bits per heavy atom. The van der Waals surface area contributed by atoms with Crippen LogP contribution in [0.2, 0.25) is 0 Å². The number of imidazole rings is 2. The molecule has 0 saturated carbocycles. The van der Waals surface area contributed by atoms with Gasteiger partial charge in [-0.25, -0.2) is 28.7 Å². The monoisotopic (exact) mass is 530 g/mol. The summed E-state index contributed by atoms with van der Waals surface area (Å²) >= 11 is 0. The van der Waals surface area contributed by atoms with Crippen LogP contribution < -0.4 is 10.6 Å². The highest BCUT2D eigenvalue weighted by molar-refractivity contribution is 5.59. The number of aromatic amines is 1. The highest BCUT2D eigenvalue weighted by Crippen LogP contribution is 2.39. The van der Waals surface area contributed by atoms with E-state index in [-0.39, 0.29) is 17.9 Å². The van der Waals surface area contributed by atoms with Crippen molar-refractivity contribution in [1.29, 1.82) is 0 Å². The topological polar surface area (TPSA) is 102 Å². The summed E-state index contributed by atoms with van der Waals surface area (Å²) in [5.74, 6) is -0.0239. The van der Waals surface area contributed by atoms with Gasteiger partial charge in [-0.05, 0) is 48.9 Å². The number of nitrogens with two attached hydrogens (primary N) is 1. The molecule has 38 heavy (non-hydrogen) atoms. The molecule has 2 aliphatic rings. The van der Waals surface area contributed by atoms with Crippen LogP contribution >= 0.6 is 0 Å². The summed E-state index contributed by atoms with van der Waals surface area (Å²) in [6.07, 6.45) is 3.43. The van der Waals surface area contributed by atoms with E-state index in [0.717, 1.165) is 23.1 Å². The SMILES string of the molecule is Nc1ncc(-c2ncc(N3CCC(c4ncc(C(F)(F)F)[nH]4)CC3)n2C2Cc3cc(F)c(F)cc3C2)cn1. The Kier molecular flexibility index (Phi) is 5.80. The fraction of sp³-hybridized carbons (Fsp3) is 0.360. The fourth-order valence-corrected chi connectivity index (χ4v) is 5.45. The van der Waals surface area contributed by atoms with Gasteiger partial charge in [0.15, 0.2) is 11.6 Å². The molecule has 4 aromatic rings. The van der Waals surface area contributed by atoms with E-state index >= 15 is 0 Å². The molecule has 8 nitrogen and oxygen atoms in total. The van der Waals surface area contributed by atoms with Gasteiger partial charge in [0.25, 0.3) is 0 Å². The Morgan fingerprint density at radius 3 is 2.08 bits per heavy atom. The van der Waals surface area contributed by atoms with Gasteiger partial charge in [0.1, 0.15) is 23.2 Å². The first-order valence-electron chi connectivity index (χ1n) is 12.2. The van der Waals surface area contributed by atoms with E-state index in [1.54, 1.807) is 18.6 Å². The summed E-state index contributed by atoms with van der Waals surface area (Å²) in [4.78, 5) is 21.3. The second-order valence-electron chi connectivity index (χ2n) is 9.68. The second kappa shape index (κ2) is 9.07. The second-order valence-corrected chi connectivity index (χ2v) is 9.68. The van der Waals surface area contributed by atoms with Crippen molar-refractivity contribution < 1.29 is 22.0 Å². The van der Waals surface area contributed by atoms with Crippen molar-refractivity contribution in [2.75, 3.05) is 23.7 Å². The third-order valence-electron chi connectivity index (χ3n) is 7.33. The minimum atomic E-state index is -4.47. The van der Waals surface area contributed by atoms with Gasteiger partial charge in [-0.15, -0.1) is 0 Å². The fourth-order valence-electron chi connectivity index (χ4n) is 5.45. The first kappa shape index (κ1) is 24.3. The molecule has 4 heterocycles. The van der Waals surface area contributed by atoms with E-state index in [2.05, 4.69) is 29.8 Å². The maximum atomic E-state index is 13.9. The third-order valence-corrected chi connectivity index (χ3v) is 7.33. The Bertz CT molecular complexity index is 1440. The number of aromatic nitrogens is 6. The van der Waals surface area contributed by atoms with Crippen molar-refractivity contribution in [3.8, 4) is 11.4 Å². The van der Waals surface area contributed by atoms with Gasteiger partial charge >= 0.3 is 6.18 Å². The minimum Gasteiger partial charge on any atom is -0.368 e. The maximum absolute atomic E-state index is 13.9. The van der Waals surface area contributed by atoms with E-state index in [0.29, 0.717) is 56.0 Å². The Labute approximate surface area is 213 Å². The van der Waals surface area contributed by atoms with Crippen LogP contribution in [0.25, 0.3) is 11.4 Å². The van der Waals surface area contributed by atoms with E-state index in [1.165, 1.54) is 12.1 Å². The van der Waals surface area contributed by atoms with Gasteiger partial charge in [-0.1, -0.05) is 0 Å². The van der Waals surface area contributed by atoms with E-state index in [9.17, 15) is 22.0 Å². The van der Waals surface area contributed by atoms with Crippen molar-refractivity contribution in [1.82, 2.24) is 29.5 Å². The summed E-state index contributed by atoms with van der Waals surface area (Å²) in [6.45, 7) is 1.14. The molecule has 0 spiro atoms. The van der Waals surface area contributed by atoms with Crippen LogP contribution in [0, 0.1) is 11.6 Å². The molecule has 0 atom stereocenters. The number of piperidine rings is 1. The molecular weight excluding hydrogens is 507 g/mol. The Morgan fingerprint density at radius 1 is 0.868 bits per heavy atom.